The minimum Gasteiger partial charge on any atom is -0.481 e. The largest absolute Gasteiger partial charge is 0.481 e. The van der Waals surface area contributed by atoms with Crippen LogP contribution >= 0.6 is 11.6 Å². The van der Waals surface area contributed by atoms with Crippen LogP contribution in [0.3, 0.4) is 0 Å². The maximum absolute atomic E-state index is 14.0. The number of carbonyl (C=O) groups is 3. The fourth-order valence-electron chi connectivity index (χ4n) is 5.34. The maximum Gasteiger partial charge on any atom is 0.305 e. The van der Waals surface area contributed by atoms with Gasteiger partial charge in [-0.3, -0.25) is 19.4 Å². The average Bonchev–Trinajstić information content (AvgIpc) is 3.14. The summed E-state index contributed by atoms with van der Waals surface area (Å²) in [6.07, 6.45) is 4.64. The van der Waals surface area contributed by atoms with Gasteiger partial charge in [-0.25, -0.2) is 0 Å². The lowest BCUT2D eigenvalue weighted by Crippen LogP contribution is -2.49. The van der Waals surface area contributed by atoms with Gasteiger partial charge in [-0.1, -0.05) is 44.0 Å². The van der Waals surface area contributed by atoms with Gasteiger partial charge in [0.25, 0.3) is 11.8 Å². The molecule has 0 aromatic heterocycles. The van der Waals surface area contributed by atoms with Crippen molar-refractivity contribution in [2.45, 2.75) is 76.9 Å². The van der Waals surface area contributed by atoms with Gasteiger partial charge in [0.15, 0.2) is 0 Å². The maximum atomic E-state index is 14.0. The Bertz CT molecular complexity index is 1220. The third kappa shape index (κ3) is 5.72. The number of benzene rings is 2. The molecule has 1 aliphatic heterocycles. The van der Waals surface area contributed by atoms with Crippen molar-refractivity contribution < 1.29 is 19.5 Å². The van der Waals surface area contributed by atoms with Crippen LogP contribution in [0.2, 0.25) is 5.02 Å². The Morgan fingerprint density at radius 1 is 1.05 bits per heavy atom. The first-order chi connectivity index (χ1) is 17.6. The predicted molar refractivity (Wildman–Crippen MR) is 144 cm³/mol. The highest BCUT2D eigenvalue weighted by atomic mass is 35.5. The van der Waals surface area contributed by atoms with Gasteiger partial charge in [0.05, 0.1) is 12.5 Å². The molecule has 0 saturated heterocycles. The molecular weight excluding hydrogens is 490 g/mol. The number of nitrogens with one attached hydrogen (secondary N) is 1. The number of carbonyl (C=O) groups excluding carboxylic acids is 2. The summed E-state index contributed by atoms with van der Waals surface area (Å²) in [5, 5.41) is 12.0. The van der Waals surface area contributed by atoms with Crippen molar-refractivity contribution in [3.05, 3.63) is 69.7 Å². The topological polar surface area (TPSA) is 99.1 Å². The molecule has 8 heteroatoms. The van der Waals surface area contributed by atoms with Crippen LogP contribution in [0, 0.1) is 0 Å². The molecule has 1 fully saturated rings. The summed E-state index contributed by atoms with van der Waals surface area (Å²) >= 11 is 6.44. The minimum atomic E-state index is -0.962. The lowest BCUT2D eigenvalue weighted by molar-refractivity contribution is -0.137. The molecule has 37 heavy (non-hydrogen) atoms. The molecule has 1 saturated carbocycles. The predicted octanol–water partition coefficient (Wildman–Crippen LogP) is 5.72. The molecule has 2 aliphatic rings. The first kappa shape index (κ1) is 26.9. The monoisotopic (exact) mass is 523 g/mol. The lowest BCUT2D eigenvalue weighted by Gasteiger charge is -2.42. The zero-order chi connectivity index (χ0) is 26.7. The quantitative estimate of drug-likeness (QED) is 0.462. The molecule has 196 valence electrons. The molecule has 1 aliphatic carbocycles. The summed E-state index contributed by atoms with van der Waals surface area (Å²) in [6.45, 7) is 6.27. The standard InChI is InChI=1S/C29H34ClN3O4/c1-18(2)22-15-23(17-24(30)16-22)26-28(37)33(29(32-26)12-5-4-6-13-29)19(3)20-7-9-21(10-8-20)27(36)31-14-11-25(34)35/h7-10,15-19H,4-6,11-14H2,1-3H3,(H,31,36)(H,34,35). The van der Waals surface area contributed by atoms with Gasteiger partial charge < -0.3 is 15.3 Å². The highest BCUT2D eigenvalue weighted by Gasteiger charge is 2.49. The second kappa shape index (κ2) is 11.1. The van der Waals surface area contributed by atoms with E-state index in [1.807, 2.05) is 42.2 Å². The number of carboxylic acids is 1. The molecule has 1 heterocycles. The Balaban J connectivity index is 1.61. The van der Waals surface area contributed by atoms with Gasteiger partial charge >= 0.3 is 5.97 Å². The average molecular weight is 524 g/mol. The third-order valence-corrected chi connectivity index (χ3v) is 7.59. The second-order valence-corrected chi connectivity index (χ2v) is 10.7. The number of aliphatic imine (C=N–C) groups is 1. The number of hydrogen-bond acceptors (Lipinski definition) is 4. The molecular formula is C29H34ClN3O4. The fourth-order valence-corrected chi connectivity index (χ4v) is 5.58. The summed E-state index contributed by atoms with van der Waals surface area (Å²) < 4.78 is 0. The molecule has 2 aromatic rings. The molecule has 7 nitrogen and oxygen atoms in total. The smallest absolute Gasteiger partial charge is 0.305 e. The normalized spacial score (nSPS) is 17.7. The van der Waals surface area contributed by atoms with Gasteiger partial charge in [-0.15, -0.1) is 0 Å². The van der Waals surface area contributed by atoms with Gasteiger partial charge in [-0.2, -0.15) is 0 Å². The number of hydrogen-bond donors (Lipinski definition) is 2. The van der Waals surface area contributed by atoms with E-state index < -0.39 is 11.6 Å². The van der Waals surface area contributed by atoms with E-state index >= 15 is 0 Å². The SMILES string of the molecule is CC(C)c1cc(Cl)cc(C2=NC3(CCCCC3)N(C(C)c3ccc(C(=O)NCCC(=O)O)cc3)C2=O)c1. The van der Waals surface area contributed by atoms with Crippen LogP contribution in [0.25, 0.3) is 0 Å². The molecule has 2 amide bonds. The number of nitrogens with zero attached hydrogens (tertiary/aromatic N) is 2. The molecule has 0 bridgehead atoms. The Kier molecular flexibility index (Phi) is 8.02. The molecule has 2 aromatic carbocycles. The summed E-state index contributed by atoms with van der Waals surface area (Å²) in [7, 11) is 0. The number of rotatable bonds is 8. The number of halogens is 1. The van der Waals surface area contributed by atoms with Crippen molar-refractivity contribution >= 4 is 35.1 Å². The molecule has 2 N–H and O–H groups in total. The molecule has 1 atom stereocenters. The Morgan fingerprint density at radius 2 is 1.73 bits per heavy atom. The van der Waals surface area contributed by atoms with E-state index in [2.05, 4.69) is 19.2 Å². The van der Waals surface area contributed by atoms with Crippen molar-refractivity contribution in [2.75, 3.05) is 6.54 Å². The first-order valence-corrected chi connectivity index (χ1v) is 13.3. The number of aliphatic carboxylic acids is 1. The zero-order valence-corrected chi connectivity index (χ0v) is 22.3. The van der Waals surface area contributed by atoms with Crippen molar-refractivity contribution in [3.8, 4) is 0 Å². The van der Waals surface area contributed by atoms with Crippen LogP contribution in [0.1, 0.15) is 98.3 Å². The Labute approximate surface area is 222 Å². The van der Waals surface area contributed by atoms with E-state index in [4.69, 9.17) is 21.7 Å². The Hall–Kier alpha value is -3.19. The van der Waals surface area contributed by atoms with E-state index in [0.29, 0.717) is 16.3 Å². The zero-order valence-electron chi connectivity index (χ0n) is 21.6. The highest BCUT2D eigenvalue weighted by Crippen LogP contribution is 2.44. The lowest BCUT2D eigenvalue weighted by atomic mass is 9.87. The van der Waals surface area contributed by atoms with E-state index in [1.165, 1.54) is 0 Å². The third-order valence-electron chi connectivity index (χ3n) is 7.37. The second-order valence-electron chi connectivity index (χ2n) is 10.3. The van der Waals surface area contributed by atoms with Crippen LogP contribution in [-0.4, -0.2) is 45.7 Å². The van der Waals surface area contributed by atoms with Crippen LogP contribution in [0.4, 0.5) is 0 Å². The van der Waals surface area contributed by atoms with Gasteiger partial charge in [0, 0.05) is 22.7 Å². The molecule has 1 unspecified atom stereocenters. The molecule has 1 spiro atoms. The highest BCUT2D eigenvalue weighted by molar-refractivity contribution is 6.47. The van der Waals surface area contributed by atoms with E-state index in [-0.39, 0.29) is 36.7 Å². The number of amides is 2. The Morgan fingerprint density at radius 3 is 2.35 bits per heavy atom. The van der Waals surface area contributed by atoms with Crippen molar-refractivity contribution in [1.82, 2.24) is 10.2 Å². The van der Waals surface area contributed by atoms with E-state index in [1.54, 1.807) is 12.1 Å². The first-order valence-electron chi connectivity index (χ1n) is 13.0. The van der Waals surface area contributed by atoms with Gasteiger partial charge in [0.2, 0.25) is 0 Å². The molecule has 0 radical (unpaired) electrons. The van der Waals surface area contributed by atoms with Crippen LogP contribution in [0.5, 0.6) is 0 Å². The van der Waals surface area contributed by atoms with Crippen molar-refractivity contribution in [3.63, 3.8) is 0 Å². The molecule has 4 rings (SSSR count). The van der Waals surface area contributed by atoms with Crippen LogP contribution in [0.15, 0.2) is 47.5 Å². The summed E-state index contributed by atoms with van der Waals surface area (Å²) in [5.41, 5.74) is 3.06. The van der Waals surface area contributed by atoms with Crippen LogP contribution < -0.4 is 5.32 Å². The van der Waals surface area contributed by atoms with Crippen LogP contribution in [-0.2, 0) is 9.59 Å². The summed E-state index contributed by atoms with van der Waals surface area (Å²) in [4.78, 5) is 44.1. The van der Waals surface area contributed by atoms with Gasteiger partial charge in [-0.05, 0) is 80.0 Å². The van der Waals surface area contributed by atoms with Crippen molar-refractivity contribution in [1.29, 1.82) is 0 Å². The summed E-state index contributed by atoms with van der Waals surface area (Å²) in [6, 6.07) is 12.7. The minimum absolute atomic E-state index is 0.0687. The fraction of sp³-hybridized carbons (Fsp3) is 0.448. The van der Waals surface area contributed by atoms with E-state index in [0.717, 1.165) is 48.8 Å². The van der Waals surface area contributed by atoms with Gasteiger partial charge in [0.1, 0.15) is 11.4 Å². The summed E-state index contributed by atoms with van der Waals surface area (Å²) in [5.74, 6) is -1.11. The van der Waals surface area contributed by atoms with E-state index in [9.17, 15) is 14.4 Å². The number of carboxylic acid groups (broad SMARTS) is 1. The van der Waals surface area contributed by atoms with Crippen molar-refractivity contribution in [2.24, 2.45) is 4.99 Å².